The highest BCUT2D eigenvalue weighted by Gasteiger charge is 2.14. The third-order valence-corrected chi connectivity index (χ3v) is 1.99. The van der Waals surface area contributed by atoms with Crippen LogP contribution in [0.3, 0.4) is 0 Å². The molecule has 0 fully saturated rings. The summed E-state index contributed by atoms with van der Waals surface area (Å²) in [6, 6.07) is 1.64. The van der Waals surface area contributed by atoms with Gasteiger partial charge in [-0.3, -0.25) is 0 Å². The Morgan fingerprint density at radius 2 is 1.94 bits per heavy atom. The van der Waals surface area contributed by atoms with Crippen molar-refractivity contribution in [3.8, 4) is 6.07 Å². The van der Waals surface area contributed by atoms with Crippen LogP contribution in [-0.2, 0) is 19.0 Å². The zero-order valence-corrected chi connectivity index (χ0v) is 11.1. The average molecular weight is 255 g/mol. The van der Waals surface area contributed by atoms with Crippen molar-refractivity contribution in [1.82, 2.24) is 0 Å². The Morgan fingerprint density at radius 3 is 2.50 bits per heavy atom. The second-order valence-electron chi connectivity index (χ2n) is 3.76. The maximum Gasteiger partial charge on any atom is 0.348 e. The summed E-state index contributed by atoms with van der Waals surface area (Å²) in [4.78, 5) is 11.2. The maximum atomic E-state index is 11.2. The summed E-state index contributed by atoms with van der Waals surface area (Å²) >= 11 is 0. The Hall–Kier alpha value is -1.38. The van der Waals surface area contributed by atoms with Gasteiger partial charge in [0.1, 0.15) is 24.4 Å². The minimum Gasteiger partial charge on any atom is -0.459 e. The van der Waals surface area contributed by atoms with Gasteiger partial charge in [-0.15, -0.1) is 0 Å². The fourth-order valence-corrected chi connectivity index (χ4v) is 1.09. The van der Waals surface area contributed by atoms with Crippen molar-refractivity contribution in [3.63, 3.8) is 0 Å². The van der Waals surface area contributed by atoms with E-state index >= 15 is 0 Å². The van der Waals surface area contributed by atoms with Crippen molar-refractivity contribution < 1.29 is 19.0 Å². The summed E-state index contributed by atoms with van der Waals surface area (Å²) in [7, 11) is 0. The molecule has 0 saturated carbocycles. The molecule has 1 unspecified atom stereocenters. The second kappa shape index (κ2) is 10.8. The highest BCUT2D eigenvalue weighted by Crippen LogP contribution is 2.00. The number of rotatable bonds is 10. The van der Waals surface area contributed by atoms with Crippen LogP contribution in [0.15, 0.2) is 12.2 Å². The van der Waals surface area contributed by atoms with E-state index < -0.39 is 5.97 Å². The highest BCUT2D eigenvalue weighted by molar-refractivity contribution is 5.91. The summed E-state index contributed by atoms with van der Waals surface area (Å²) in [5.74, 6) is -0.710. The van der Waals surface area contributed by atoms with E-state index in [1.54, 1.807) is 6.07 Å². The molecule has 0 aliphatic carbocycles. The van der Waals surface area contributed by atoms with E-state index in [1.165, 1.54) is 0 Å². The van der Waals surface area contributed by atoms with Gasteiger partial charge in [0.15, 0.2) is 0 Å². The molecule has 0 radical (unpaired) electrons. The smallest absolute Gasteiger partial charge is 0.348 e. The van der Waals surface area contributed by atoms with Gasteiger partial charge in [-0.25, -0.2) is 4.79 Å². The van der Waals surface area contributed by atoms with Gasteiger partial charge in [-0.1, -0.05) is 20.4 Å². The maximum absolute atomic E-state index is 11.2. The standard InChI is InChI=1S/C13H21NO4/c1-4-6-16-9-12(17-7-5-2)10-18-13(15)11(3)8-14/h12H,3-7,9-10H2,1-2H3. The van der Waals surface area contributed by atoms with Gasteiger partial charge in [0.25, 0.3) is 0 Å². The highest BCUT2D eigenvalue weighted by atomic mass is 16.6. The molecule has 5 heteroatoms. The second-order valence-corrected chi connectivity index (χ2v) is 3.76. The summed E-state index contributed by atoms with van der Waals surface area (Å²) in [6.45, 7) is 8.96. The molecule has 0 aromatic carbocycles. The number of nitrogens with zero attached hydrogens (tertiary/aromatic N) is 1. The molecule has 0 rings (SSSR count). The molecule has 0 N–H and O–H groups in total. The number of hydrogen-bond acceptors (Lipinski definition) is 5. The van der Waals surface area contributed by atoms with Gasteiger partial charge in [0.05, 0.1) is 6.61 Å². The lowest BCUT2D eigenvalue weighted by Crippen LogP contribution is -2.28. The number of hydrogen-bond donors (Lipinski definition) is 0. The van der Waals surface area contributed by atoms with Gasteiger partial charge in [0, 0.05) is 13.2 Å². The van der Waals surface area contributed by atoms with Crippen LogP contribution in [0.1, 0.15) is 26.7 Å². The quantitative estimate of drug-likeness (QED) is 0.258. The van der Waals surface area contributed by atoms with Crippen LogP contribution in [0, 0.1) is 11.3 Å². The van der Waals surface area contributed by atoms with Crippen molar-refractivity contribution in [2.75, 3.05) is 26.4 Å². The normalized spacial score (nSPS) is 11.6. The number of esters is 1. The SMILES string of the molecule is C=C(C#N)C(=O)OCC(COCCC)OCCC. The molecule has 0 spiro atoms. The lowest BCUT2D eigenvalue weighted by molar-refractivity contribution is -0.144. The van der Waals surface area contributed by atoms with Crippen LogP contribution in [0.25, 0.3) is 0 Å². The third-order valence-electron chi connectivity index (χ3n) is 1.99. The molecule has 0 bridgehead atoms. The number of carbonyl (C=O) groups is 1. The number of carbonyl (C=O) groups excluding carboxylic acids is 1. The fraction of sp³-hybridized carbons (Fsp3) is 0.692. The van der Waals surface area contributed by atoms with Gasteiger partial charge < -0.3 is 14.2 Å². The Labute approximate surface area is 108 Å². The minimum atomic E-state index is -0.710. The Balaban J connectivity index is 4.02. The lowest BCUT2D eigenvalue weighted by atomic mass is 10.3. The van der Waals surface area contributed by atoms with Gasteiger partial charge in [0.2, 0.25) is 0 Å². The van der Waals surface area contributed by atoms with E-state index in [1.807, 2.05) is 13.8 Å². The predicted octanol–water partition coefficient (Wildman–Crippen LogP) is 1.83. The first-order chi connectivity index (χ1) is 8.65. The molecule has 0 saturated heterocycles. The zero-order chi connectivity index (χ0) is 13.8. The van der Waals surface area contributed by atoms with Crippen molar-refractivity contribution in [2.24, 2.45) is 0 Å². The largest absolute Gasteiger partial charge is 0.459 e. The van der Waals surface area contributed by atoms with Crippen molar-refractivity contribution in [1.29, 1.82) is 5.26 Å². The van der Waals surface area contributed by atoms with Crippen LogP contribution in [0.2, 0.25) is 0 Å². The van der Waals surface area contributed by atoms with Gasteiger partial charge in [-0.2, -0.15) is 5.26 Å². The first-order valence-electron chi connectivity index (χ1n) is 6.11. The Kier molecular flexibility index (Phi) is 9.93. The zero-order valence-electron chi connectivity index (χ0n) is 11.1. The minimum absolute atomic E-state index is 0.0727. The third kappa shape index (κ3) is 7.82. The predicted molar refractivity (Wildman–Crippen MR) is 66.9 cm³/mol. The summed E-state index contributed by atoms with van der Waals surface area (Å²) in [5, 5.41) is 8.48. The van der Waals surface area contributed by atoms with E-state index in [0.717, 1.165) is 12.8 Å². The number of nitriles is 1. The fourth-order valence-electron chi connectivity index (χ4n) is 1.09. The topological polar surface area (TPSA) is 68.6 Å². The van der Waals surface area contributed by atoms with Gasteiger partial charge >= 0.3 is 5.97 Å². The summed E-state index contributed by atoms with van der Waals surface area (Å²) in [6.07, 6.45) is 1.50. The molecule has 1 atom stereocenters. The Bertz CT molecular complexity index is 296. The van der Waals surface area contributed by atoms with E-state index in [-0.39, 0.29) is 18.3 Å². The van der Waals surface area contributed by atoms with Crippen molar-refractivity contribution in [3.05, 3.63) is 12.2 Å². The molecule has 0 aliphatic heterocycles. The first kappa shape index (κ1) is 16.6. The molecule has 0 aliphatic rings. The number of ether oxygens (including phenoxy) is 3. The molecule has 0 amide bonds. The summed E-state index contributed by atoms with van der Waals surface area (Å²) < 4.78 is 15.8. The van der Waals surface area contributed by atoms with Crippen LogP contribution >= 0.6 is 0 Å². The molecular formula is C13H21NO4. The molecule has 102 valence electrons. The molecular weight excluding hydrogens is 234 g/mol. The van der Waals surface area contributed by atoms with Crippen LogP contribution in [-0.4, -0.2) is 38.5 Å². The van der Waals surface area contributed by atoms with E-state index in [9.17, 15) is 4.79 Å². The van der Waals surface area contributed by atoms with E-state index in [0.29, 0.717) is 19.8 Å². The van der Waals surface area contributed by atoms with Crippen LogP contribution in [0.5, 0.6) is 0 Å². The van der Waals surface area contributed by atoms with Crippen LogP contribution < -0.4 is 0 Å². The van der Waals surface area contributed by atoms with E-state index in [4.69, 9.17) is 19.5 Å². The summed E-state index contributed by atoms with van der Waals surface area (Å²) in [5.41, 5.74) is -0.210. The molecule has 0 heterocycles. The van der Waals surface area contributed by atoms with Crippen molar-refractivity contribution >= 4 is 5.97 Å². The van der Waals surface area contributed by atoms with Crippen LogP contribution in [0.4, 0.5) is 0 Å². The molecule has 5 nitrogen and oxygen atoms in total. The monoisotopic (exact) mass is 255 g/mol. The van der Waals surface area contributed by atoms with Crippen molar-refractivity contribution in [2.45, 2.75) is 32.8 Å². The lowest BCUT2D eigenvalue weighted by Gasteiger charge is -2.17. The van der Waals surface area contributed by atoms with E-state index in [2.05, 4.69) is 6.58 Å². The molecule has 0 aromatic heterocycles. The molecule has 0 aromatic rings. The first-order valence-corrected chi connectivity index (χ1v) is 6.11. The average Bonchev–Trinajstić information content (AvgIpc) is 2.39. The Morgan fingerprint density at radius 1 is 1.28 bits per heavy atom. The molecule has 18 heavy (non-hydrogen) atoms. The van der Waals surface area contributed by atoms with Gasteiger partial charge in [-0.05, 0) is 12.8 Å².